The molecular weight excluding hydrogens is 270 g/mol. The minimum Gasteiger partial charge on any atom is -0.351 e. The minimum atomic E-state index is -0.591. The molecule has 5 nitrogen and oxygen atoms in total. The van der Waals surface area contributed by atoms with Gasteiger partial charge in [0.1, 0.15) is 0 Å². The average Bonchev–Trinajstić information content (AvgIpc) is 2.74. The van der Waals surface area contributed by atoms with E-state index >= 15 is 0 Å². The highest BCUT2D eigenvalue weighted by Gasteiger charge is 2.42. The number of hydrogen-bond acceptors (Lipinski definition) is 4. The second kappa shape index (κ2) is 6.83. The molecule has 1 aromatic carbocycles. The van der Waals surface area contributed by atoms with E-state index in [2.05, 4.69) is 0 Å². The van der Waals surface area contributed by atoms with Gasteiger partial charge in [-0.05, 0) is 32.4 Å². The zero-order valence-corrected chi connectivity index (χ0v) is 12.7. The van der Waals surface area contributed by atoms with Crippen molar-refractivity contribution in [1.29, 1.82) is 0 Å². The Kier molecular flexibility index (Phi) is 5.09. The first kappa shape index (κ1) is 15.7. The molecule has 21 heavy (non-hydrogen) atoms. The molecule has 0 fully saturated rings. The molecule has 2 rings (SSSR count). The molecular formula is C16H21NO4. The first-order valence-electron chi connectivity index (χ1n) is 7.35. The van der Waals surface area contributed by atoms with E-state index in [1.54, 1.807) is 24.3 Å². The smallest absolute Gasteiger partial charge is 0.261 e. The first-order valence-corrected chi connectivity index (χ1v) is 7.35. The largest absolute Gasteiger partial charge is 0.351 e. The molecule has 0 spiro atoms. The van der Waals surface area contributed by atoms with Gasteiger partial charge in [0.2, 0.25) is 0 Å². The van der Waals surface area contributed by atoms with Crippen LogP contribution in [0.25, 0.3) is 0 Å². The fourth-order valence-corrected chi connectivity index (χ4v) is 2.60. The summed E-state index contributed by atoms with van der Waals surface area (Å²) >= 11 is 0. The van der Waals surface area contributed by atoms with Crippen LogP contribution in [-0.4, -0.2) is 42.3 Å². The highest BCUT2D eigenvalue weighted by Crippen LogP contribution is 2.27. The van der Waals surface area contributed by atoms with E-state index in [0.717, 1.165) is 0 Å². The molecule has 0 saturated heterocycles. The van der Waals surface area contributed by atoms with Crippen LogP contribution in [0.4, 0.5) is 0 Å². The van der Waals surface area contributed by atoms with E-state index in [1.807, 2.05) is 20.8 Å². The van der Waals surface area contributed by atoms with E-state index in [4.69, 9.17) is 9.47 Å². The number of benzene rings is 1. The summed E-state index contributed by atoms with van der Waals surface area (Å²) in [6, 6.07) is 6.46. The van der Waals surface area contributed by atoms with Crippen molar-refractivity contribution < 1.29 is 19.1 Å². The van der Waals surface area contributed by atoms with E-state index in [0.29, 0.717) is 30.8 Å². The minimum absolute atomic E-state index is 0.271. The predicted octanol–water partition coefficient (Wildman–Crippen LogP) is 2.46. The van der Waals surface area contributed by atoms with Gasteiger partial charge in [0.05, 0.1) is 17.2 Å². The van der Waals surface area contributed by atoms with E-state index in [-0.39, 0.29) is 11.8 Å². The van der Waals surface area contributed by atoms with Gasteiger partial charge in [-0.2, -0.15) is 0 Å². The van der Waals surface area contributed by atoms with Crippen molar-refractivity contribution >= 4 is 11.8 Å². The molecule has 0 bridgehead atoms. The van der Waals surface area contributed by atoms with Gasteiger partial charge in [0.15, 0.2) is 6.29 Å². The molecule has 1 aliphatic rings. The number of carbonyl (C=O) groups is 2. The van der Waals surface area contributed by atoms with Crippen molar-refractivity contribution in [3.05, 3.63) is 35.4 Å². The molecule has 0 N–H and O–H groups in total. The maximum absolute atomic E-state index is 12.5. The van der Waals surface area contributed by atoms with E-state index in [9.17, 15) is 9.59 Å². The summed E-state index contributed by atoms with van der Waals surface area (Å²) < 4.78 is 11.1. The lowest BCUT2D eigenvalue weighted by Crippen LogP contribution is -2.48. The molecule has 1 atom stereocenters. The van der Waals surface area contributed by atoms with Crippen molar-refractivity contribution in [2.45, 2.75) is 39.5 Å². The number of rotatable bonds is 7. The van der Waals surface area contributed by atoms with Crippen LogP contribution in [0.1, 0.15) is 47.9 Å². The number of fused-ring (bicyclic) bond motifs is 1. The Hall–Kier alpha value is -1.72. The Morgan fingerprint density at radius 2 is 1.43 bits per heavy atom. The monoisotopic (exact) mass is 291 g/mol. The van der Waals surface area contributed by atoms with Crippen molar-refractivity contribution in [2.24, 2.45) is 0 Å². The van der Waals surface area contributed by atoms with Gasteiger partial charge in [-0.25, -0.2) is 0 Å². The number of imide groups is 1. The van der Waals surface area contributed by atoms with Crippen LogP contribution in [0.15, 0.2) is 24.3 Å². The van der Waals surface area contributed by atoms with Crippen LogP contribution < -0.4 is 0 Å². The van der Waals surface area contributed by atoms with Crippen LogP contribution in [0.5, 0.6) is 0 Å². The number of hydrogen-bond donors (Lipinski definition) is 0. The van der Waals surface area contributed by atoms with Crippen LogP contribution in [0, 0.1) is 0 Å². The topological polar surface area (TPSA) is 55.8 Å². The van der Waals surface area contributed by atoms with Crippen LogP contribution in [0.3, 0.4) is 0 Å². The summed E-state index contributed by atoms with van der Waals surface area (Å²) in [5.41, 5.74) is 0.903. The number of nitrogens with zero attached hydrogens (tertiary/aromatic N) is 1. The van der Waals surface area contributed by atoms with Gasteiger partial charge in [-0.3, -0.25) is 14.5 Å². The highest BCUT2D eigenvalue weighted by molar-refractivity contribution is 6.21. The third kappa shape index (κ3) is 2.84. The molecule has 0 saturated carbocycles. The highest BCUT2D eigenvalue weighted by atomic mass is 16.7. The van der Waals surface area contributed by atoms with Gasteiger partial charge in [0.25, 0.3) is 11.8 Å². The molecule has 5 heteroatoms. The molecule has 0 radical (unpaired) electrons. The van der Waals surface area contributed by atoms with Crippen molar-refractivity contribution in [2.75, 3.05) is 13.2 Å². The molecule has 1 unspecified atom stereocenters. The summed E-state index contributed by atoms with van der Waals surface area (Å²) in [4.78, 5) is 26.3. The molecule has 2 amide bonds. The SMILES string of the molecule is CCOC(OCC)C(CC)N1C(=O)c2ccccc2C1=O. The predicted molar refractivity (Wildman–Crippen MR) is 78.1 cm³/mol. The lowest BCUT2D eigenvalue weighted by atomic mass is 10.1. The maximum atomic E-state index is 12.5. The summed E-state index contributed by atoms with van der Waals surface area (Å²) in [7, 11) is 0. The molecule has 114 valence electrons. The van der Waals surface area contributed by atoms with Crippen LogP contribution in [0.2, 0.25) is 0 Å². The van der Waals surface area contributed by atoms with Crippen molar-refractivity contribution in [3.63, 3.8) is 0 Å². The number of carbonyl (C=O) groups excluding carboxylic acids is 2. The zero-order chi connectivity index (χ0) is 15.4. The van der Waals surface area contributed by atoms with E-state index in [1.165, 1.54) is 4.90 Å². The molecule has 1 aromatic rings. The van der Waals surface area contributed by atoms with Crippen LogP contribution >= 0.6 is 0 Å². The third-order valence-electron chi connectivity index (χ3n) is 3.55. The number of amides is 2. The Bertz CT molecular complexity index is 488. The Balaban J connectivity index is 2.31. The summed E-state index contributed by atoms with van der Waals surface area (Å²) in [6.45, 7) is 6.57. The summed E-state index contributed by atoms with van der Waals surface area (Å²) in [6.07, 6.45) is -0.0110. The molecule has 1 aliphatic heterocycles. The number of ether oxygens (including phenoxy) is 2. The zero-order valence-electron chi connectivity index (χ0n) is 12.7. The normalized spacial score (nSPS) is 15.7. The van der Waals surface area contributed by atoms with E-state index < -0.39 is 12.3 Å². The second-order valence-corrected chi connectivity index (χ2v) is 4.78. The lowest BCUT2D eigenvalue weighted by molar-refractivity contribution is -0.165. The van der Waals surface area contributed by atoms with Crippen molar-refractivity contribution in [3.8, 4) is 0 Å². The van der Waals surface area contributed by atoms with Gasteiger partial charge < -0.3 is 9.47 Å². The Morgan fingerprint density at radius 3 is 1.81 bits per heavy atom. The van der Waals surface area contributed by atoms with Gasteiger partial charge in [-0.1, -0.05) is 19.1 Å². The fraction of sp³-hybridized carbons (Fsp3) is 0.500. The average molecular weight is 291 g/mol. The molecule has 0 aliphatic carbocycles. The first-order chi connectivity index (χ1) is 10.2. The van der Waals surface area contributed by atoms with Crippen LogP contribution in [-0.2, 0) is 9.47 Å². The maximum Gasteiger partial charge on any atom is 0.261 e. The summed E-state index contributed by atoms with van der Waals surface area (Å²) in [5.74, 6) is -0.543. The van der Waals surface area contributed by atoms with Gasteiger partial charge in [-0.15, -0.1) is 0 Å². The molecule has 0 aromatic heterocycles. The Labute approximate surface area is 124 Å². The lowest BCUT2D eigenvalue weighted by Gasteiger charge is -2.31. The summed E-state index contributed by atoms with van der Waals surface area (Å²) in [5, 5.41) is 0. The van der Waals surface area contributed by atoms with Gasteiger partial charge in [0, 0.05) is 13.2 Å². The van der Waals surface area contributed by atoms with Gasteiger partial charge >= 0.3 is 0 Å². The quantitative estimate of drug-likeness (QED) is 0.572. The third-order valence-corrected chi connectivity index (χ3v) is 3.55. The second-order valence-electron chi connectivity index (χ2n) is 4.78. The molecule has 1 heterocycles. The standard InChI is InChI=1S/C16H21NO4/c1-4-13(16(20-5-2)21-6-3)17-14(18)11-9-7-8-10-12(11)15(17)19/h7-10,13,16H,4-6H2,1-3H3. The van der Waals surface area contributed by atoms with Crippen molar-refractivity contribution in [1.82, 2.24) is 4.90 Å². The Morgan fingerprint density at radius 1 is 0.952 bits per heavy atom. The fourth-order valence-electron chi connectivity index (χ4n) is 2.60.